The zero-order chi connectivity index (χ0) is 16.3. The lowest BCUT2D eigenvalue weighted by Gasteiger charge is -2.35. The summed E-state index contributed by atoms with van der Waals surface area (Å²) < 4.78 is 5.25. The van der Waals surface area contributed by atoms with E-state index in [1.807, 2.05) is 36.4 Å². The largest absolute Gasteiger partial charge is 0.497 e. The van der Waals surface area contributed by atoms with Gasteiger partial charge in [-0.1, -0.05) is 24.3 Å². The van der Waals surface area contributed by atoms with Crippen molar-refractivity contribution in [1.82, 2.24) is 5.32 Å². The zero-order valence-corrected chi connectivity index (χ0v) is 13.2. The Bertz CT molecular complexity index is 699. The maximum atomic E-state index is 12.2. The first kappa shape index (κ1) is 15.6. The number of aryl methyl sites for hydroxylation is 1. The average Bonchev–Trinajstić information content (AvgIpc) is 2.60. The molecule has 3 rings (SSSR count). The van der Waals surface area contributed by atoms with Crippen LogP contribution in [-0.4, -0.2) is 24.7 Å². The van der Waals surface area contributed by atoms with Gasteiger partial charge in [-0.05, 0) is 54.7 Å². The number of nitrogens with one attached hydrogen (secondary N) is 1. The summed E-state index contributed by atoms with van der Waals surface area (Å²) in [7, 11) is 1.64. The molecule has 0 fully saturated rings. The van der Waals surface area contributed by atoms with Crippen LogP contribution in [0, 0.1) is 0 Å². The molecule has 1 amide bonds. The van der Waals surface area contributed by atoms with Crippen LogP contribution < -0.4 is 10.1 Å². The van der Waals surface area contributed by atoms with Crippen molar-refractivity contribution in [2.24, 2.45) is 0 Å². The third-order valence-corrected chi connectivity index (χ3v) is 4.43. The van der Waals surface area contributed by atoms with E-state index in [1.165, 1.54) is 0 Å². The quantitative estimate of drug-likeness (QED) is 0.912. The van der Waals surface area contributed by atoms with E-state index in [9.17, 15) is 9.90 Å². The standard InChI is InChI=1S/C19H21NO3/c1-23-16-9-10-17-15(12-16)8-5-11-19(17,22)13-20-18(21)14-6-3-2-4-7-14/h2-4,6-7,9-10,12,22H,5,8,11,13H2,1H3,(H,20,21). The first-order chi connectivity index (χ1) is 11.1. The number of amides is 1. The van der Waals surface area contributed by atoms with Gasteiger partial charge in [-0.25, -0.2) is 0 Å². The first-order valence-electron chi connectivity index (χ1n) is 7.85. The molecule has 2 aromatic carbocycles. The highest BCUT2D eigenvalue weighted by Gasteiger charge is 2.34. The monoisotopic (exact) mass is 311 g/mol. The molecular weight excluding hydrogens is 290 g/mol. The first-order valence-corrected chi connectivity index (χ1v) is 7.85. The van der Waals surface area contributed by atoms with Crippen molar-refractivity contribution in [2.75, 3.05) is 13.7 Å². The summed E-state index contributed by atoms with van der Waals surface area (Å²) >= 11 is 0. The van der Waals surface area contributed by atoms with E-state index in [4.69, 9.17) is 4.74 Å². The van der Waals surface area contributed by atoms with Gasteiger partial charge in [0.1, 0.15) is 11.4 Å². The van der Waals surface area contributed by atoms with Crippen molar-refractivity contribution in [3.63, 3.8) is 0 Å². The Morgan fingerprint density at radius 2 is 2.04 bits per heavy atom. The number of hydrogen-bond acceptors (Lipinski definition) is 3. The van der Waals surface area contributed by atoms with Crippen LogP contribution in [0.2, 0.25) is 0 Å². The number of fused-ring (bicyclic) bond motifs is 1. The molecule has 0 radical (unpaired) electrons. The van der Waals surface area contributed by atoms with E-state index in [-0.39, 0.29) is 12.5 Å². The number of benzene rings is 2. The summed E-state index contributed by atoms with van der Waals surface area (Å²) in [5.41, 5.74) is 1.55. The SMILES string of the molecule is COc1ccc2c(c1)CCCC2(O)CNC(=O)c1ccccc1. The summed E-state index contributed by atoms with van der Waals surface area (Å²) in [6.07, 6.45) is 2.45. The molecule has 0 heterocycles. The minimum Gasteiger partial charge on any atom is -0.497 e. The van der Waals surface area contributed by atoms with E-state index < -0.39 is 5.60 Å². The van der Waals surface area contributed by atoms with E-state index in [0.717, 1.165) is 29.7 Å². The highest BCUT2D eigenvalue weighted by atomic mass is 16.5. The highest BCUT2D eigenvalue weighted by Crippen LogP contribution is 2.36. The molecule has 0 aliphatic heterocycles. The van der Waals surface area contributed by atoms with Crippen LogP contribution in [0.1, 0.15) is 34.3 Å². The number of rotatable bonds is 4. The Kier molecular flexibility index (Phi) is 4.35. The van der Waals surface area contributed by atoms with Crippen LogP contribution in [0.4, 0.5) is 0 Å². The Morgan fingerprint density at radius 3 is 2.78 bits per heavy atom. The molecule has 1 aliphatic carbocycles. The second kappa shape index (κ2) is 6.42. The van der Waals surface area contributed by atoms with Crippen LogP contribution >= 0.6 is 0 Å². The lowest BCUT2D eigenvalue weighted by molar-refractivity contribution is 0.0189. The lowest BCUT2D eigenvalue weighted by Crippen LogP contribution is -2.43. The van der Waals surface area contributed by atoms with Gasteiger partial charge < -0.3 is 15.2 Å². The van der Waals surface area contributed by atoms with Gasteiger partial charge in [-0.15, -0.1) is 0 Å². The molecule has 0 saturated carbocycles. The van der Waals surface area contributed by atoms with Crippen molar-refractivity contribution in [2.45, 2.75) is 24.9 Å². The fraction of sp³-hybridized carbons (Fsp3) is 0.316. The fourth-order valence-electron chi connectivity index (χ4n) is 3.17. The summed E-state index contributed by atoms with van der Waals surface area (Å²) in [6, 6.07) is 14.8. The van der Waals surface area contributed by atoms with E-state index in [1.54, 1.807) is 19.2 Å². The molecule has 4 heteroatoms. The molecule has 0 spiro atoms. The molecule has 1 unspecified atom stereocenters. The van der Waals surface area contributed by atoms with Crippen LogP contribution in [-0.2, 0) is 12.0 Å². The number of carbonyl (C=O) groups is 1. The van der Waals surface area contributed by atoms with Gasteiger partial charge in [-0.2, -0.15) is 0 Å². The van der Waals surface area contributed by atoms with Crippen molar-refractivity contribution in [3.05, 3.63) is 65.2 Å². The van der Waals surface area contributed by atoms with Crippen molar-refractivity contribution in [3.8, 4) is 5.75 Å². The molecule has 2 N–H and O–H groups in total. The van der Waals surface area contributed by atoms with Crippen LogP contribution in [0.25, 0.3) is 0 Å². The molecule has 0 bridgehead atoms. The van der Waals surface area contributed by atoms with Crippen molar-refractivity contribution in [1.29, 1.82) is 0 Å². The highest BCUT2D eigenvalue weighted by molar-refractivity contribution is 5.94. The predicted octanol–water partition coefficient (Wildman–Crippen LogP) is 2.65. The average molecular weight is 311 g/mol. The minimum atomic E-state index is -1.02. The Balaban J connectivity index is 1.77. The Hall–Kier alpha value is -2.33. The molecule has 1 atom stereocenters. The Labute approximate surface area is 136 Å². The van der Waals surface area contributed by atoms with Crippen molar-refractivity contribution >= 4 is 5.91 Å². The van der Waals surface area contributed by atoms with Gasteiger partial charge in [0, 0.05) is 5.56 Å². The molecule has 2 aromatic rings. The second-order valence-corrected chi connectivity index (χ2v) is 5.96. The zero-order valence-electron chi connectivity index (χ0n) is 13.2. The van der Waals surface area contributed by atoms with Gasteiger partial charge in [0.25, 0.3) is 5.91 Å². The molecule has 0 aromatic heterocycles. The van der Waals surface area contributed by atoms with Crippen LogP contribution in [0.3, 0.4) is 0 Å². The maximum absolute atomic E-state index is 12.2. The fourth-order valence-corrected chi connectivity index (χ4v) is 3.17. The number of hydrogen-bond donors (Lipinski definition) is 2. The van der Waals surface area contributed by atoms with Gasteiger partial charge in [0.05, 0.1) is 13.7 Å². The number of carbonyl (C=O) groups excluding carboxylic acids is 1. The third kappa shape index (κ3) is 3.22. The molecule has 4 nitrogen and oxygen atoms in total. The number of ether oxygens (including phenoxy) is 1. The van der Waals surface area contributed by atoms with Gasteiger partial charge >= 0.3 is 0 Å². The summed E-state index contributed by atoms with van der Waals surface area (Å²) in [5, 5.41) is 13.9. The van der Waals surface area contributed by atoms with Crippen molar-refractivity contribution < 1.29 is 14.6 Å². The van der Waals surface area contributed by atoms with Gasteiger partial charge in [-0.3, -0.25) is 4.79 Å². The summed E-state index contributed by atoms with van der Waals surface area (Å²) in [5.74, 6) is 0.626. The Morgan fingerprint density at radius 1 is 1.26 bits per heavy atom. The number of methoxy groups -OCH3 is 1. The normalized spacial score (nSPS) is 19.7. The van der Waals surface area contributed by atoms with E-state index in [2.05, 4.69) is 5.32 Å². The smallest absolute Gasteiger partial charge is 0.251 e. The minimum absolute atomic E-state index is 0.167. The number of aliphatic hydroxyl groups is 1. The predicted molar refractivity (Wildman–Crippen MR) is 88.6 cm³/mol. The van der Waals surface area contributed by atoms with E-state index >= 15 is 0 Å². The van der Waals surface area contributed by atoms with Gasteiger partial charge in [0.15, 0.2) is 0 Å². The summed E-state index contributed by atoms with van der Waals surface area (Å²) in [6.45, 7) is 0.208. The van der Waals surface area contributed by atoms with Crippen LogP contribution in [0.5, 0.6) is 5.75 Å². The molecule has 0 saturated heterocycles. The third-order valence-electron chi connectivity index (χ3n) is 4.43. The summed E-state index contributed by atoms with van der Waals surface area (Å²) in [4.78, 5) is 12.2. The molecule has 23 heavy (non-hydrogen) atoms. The van der Waals surface area contributed by atoms with Gasteiger partial charge in [0.2, 0.25) is 0 Å². The maximum Gasteiger partial charge on any atom is 0.251 e. The second-order valence-electron chi connectivity index (χ2n) is 5.96. The molecule has 120 valence electrons. The van der Waals surface area contributed by atoms with Crippen LogP contribution in [0.15, 0.2) is 48.5 Å². The topological polar surface area (TPSA) is 58.6 Å². The molecule has 1 aliphatic rings. The lowest BCUT2D eigenvalue weighted by atomic mass is 9.79. The molecular formula is C19H21NO3. The van der Waals surface area contributed by atoms with E-state index in [0.29, 0.717) is 12.0 Å².